The number of nitrogens with one attached hydrogen (secondary N) is 1. The fraction of sp³-hybridized carbons (Fsp3) is 1.00. The minimum atomic E-state index is 0.531. The van der Waals surface area contributed by atoms with Gasteiger partial charge >= 0.3 is 0 Å². The van der Waals surface area contributed by atoms with Crippen LogP contribution >= 0.6 is 11.8 Å². The van der Waals surface area contributed by atoms with Crippen molar-refractivity contribution in [2.24, 2.45) is 5.73 Å². The Labute approximate surface area is 80.7 Å². The number of hydrogen-bond acceptors (Lipinski definition) is 3. The molecule has 2 nitrogen and oxygen atoms in total. The Morgan fingerprint density at radius 1 is 1.42 bits per heavy atom. The molecule has 0 rings (SSSR count). The molecule has 0 aromatic rings. The van der Waals surface area contributed by atoms with Crippen molar-refractivity contribution >= 4 is 11.8 Å². The second-order valence-corrected chi connectivity index (χ2v) is 4.27. The Hall–Kier alpha value is 0.270. The van der Waals surface area contributed by atoms with E-state index in [-0.39, 0.29) is 0 Å². The molecule has 0 aromatic carbocycles. The third kappa shape index (κ3) is 6.95. The molecule has 0 spiro atoms. The number of thioether (sulfide) groups is 1. The van der Waals surface area contributed by atoms with Gasteiger partial charge in [-0.3, -0.25) is 0 Å². The maximum absolute atomic E-state index is 5.62. The average molecular weight is 190 g/mol. The van der Waals surface area contributed by atoms with E-state index in [1.165, 1.54) is 24.3 Å². The van der Waals surface area contributed by atoms with E-state index >= 15 is 0 Å². The van der Waals surface area contributed by atoms with Crippen LogP contribution in [0.5, 0.6) is 0 Å². The Morgan fingerprint density at radius 3 is 2.67 bits per heavy atom. The zero-order valence-electron chi connectivity index (χ0n) is 8.31. The number of rotatable bonds is 8. The van der Waals surface area contributed by atoms with Crippen molar-refractivity contribution in [2.75, 3.05) is 24.6 Å². The molecule has 0 aliphatic carbocycles. The summed E-state index contributed by atoms with van der Waals surface area (Å²) >= 11 is 1.99. The van der Waals surface area contributed by atoms with E-state index in [2.05, 4.69) is 19.2 Å². The van der Waals surface area contributed by atoms with E-state index in [0.29, 0.717) is 6.04 Å². The van der Waals surface area contributed by atoms with Crippen molar-refractivity contribution in [1.29, 1.82) is 0 Å². The van der Waals surface area contributed by atoms with Crippen LogP contribution in [0.25, 0.3) is 0 Å². The maximum atomic E-state index is 5.62. The molecule has 74 valence electrons. The lowest BCUT2D eigenvalue weighted by molar-refractivity contribution is 0.508. The summed E-state index contributed by atoms with van der Waals surface area (Å²) in [6.45, 7) is 6.24. The van der Waals surface area contributed by atoms with Crippen LogP contribution in [0, 0.1) is 0 Å². The highest BCUT2D eigenvalue weighted by molar-refractivity contribution is 7.99. The molecular weight excluding hydrogens is 168 g/mol. The molecule has 0 saturated heterocycles. The highest BCUT2D eigenvalue weighted by Crippen LogP contribution is 2.03. The van der Waals surface area contributed by atoms with Crippen molar-refractivity contribution < 1.29 is 0 Å². The lowest BCUT2D eigenvalue weighted by atomic mass is 10.2. The van der Waals surface area contributed by atoms with Gasteiger partial charge in [-0.1, -0.05) is 13.8 Å². The first-order chi connectivity index (χ1) is 5.85. The van der Waals surface area contributed by atoms with Crippen LogP contribution in [-0.2, 0) is 0 Å². The van der Waals surface area contributed by atoms with Gasteiger partial charge in [-0.15, -0.1) is 0 Å². The molecule has 1 unspecified atom stereocenters. The normalized spacial score (nSPS) is 13.2. The zero-order valence-corrected chi connectivity index (χ0v) is 9.12. The Balaban J connectivity index is 3.26. The van der Waals surface area contributed by atoms with Gasteiger partial charge < -0.3 is 11.1 Å². The quantitative estimate of drug-likeness (QED) is 0.569. The summed E-state index contributed by atoms with van der Waals surface area (Å²) in [5.74, 6) is 2.44. The summed E-state index contributed by atoms with van der Waals surface area (Å²) in [5, 5.41) is 3.44. The van der Waals surface area contributed by atoms with Crippen LogP contribution in [-0.4, -0.2) is 30.6 Å². The summed E-state index contributed by atoms with van der Waals surface area (Å²) < 4.78 is 0. The first kappa shape index (κ1) is 12.3. The third-order valence-corrected chi connectivity index (χ3v) is 2.71. The van der Waals surface area contributed by atoms with Gasteiger partial charge in [0.1, 0.15) is 0 Å². The first-order valence-corrected chi connectivity index (χ1v) is 6.01. The van der Waals surface area contributed by atoms with Gasteiger partial charge in [0.05, 0.1) is 0 Å². The fourth-order valence-corrected chi connectivity index (χ4v) is 1.76. The largest absolute Gasteiger partial charge is 0.329 e. The van der Waals surface area contributed by atoms with Gasteiger partial charge in [-0.25, -0.2) is 0 Å². The molecule has 0 fully saturated rings. The van der Waals surface area contributed by atoms with Crippen LogP contribution in [0.1, 0.15) is 26.7 Å². The minimum Gasteiger partial charge on any atom is -0.329 e. The minimum absolute atomic E-state index is 0.531. The van der Waals surface area contributed by atoms with Crippen LogP contribution in [0.2, 0.25) is 0 Å². The SMILES string of the molecule is CCCNC(CN)CCSCC. The second kappa shape index (κ2) is 9.36. The van der Waals surface area contributed by atoms with E-state index in [1.807, 2.05) is 11.8 Å². The zero-order chi connectivity index (χ0) is 9.23. The summed E-state index contributed by atoms with van der Waals surface area (Å²) in [6, 6.07) is 0.531. The summed E-state index contributed by atoms with van der Waals surface area (Å²) in [5.41, 5.74) is 5.62. The molecule has 0 heterocycles. The molecule has 0 aliphatic heterocycles. The van der Waals surface area contributed by atoms with Crippen LogP contribution < -0.4 is 11.1 Å². The highest BCUT2D eigenvalue weighted by Gasteiger charge is 2.03. The summed E-state index contributed by atoms with van der Waals surface area (Å²) in [7, 11) is 0. The van der Waals surface area contributed by atoms with Crippen molar-refractivity contribution in [3.8, 4) is 0 Å². The molecule has 0 aliphatic rings. The van der Waals surface area contributed by atoms with Gasteiger partial charge in [0, 0.05) is 12.6 Å². The molecule has 1 atom stereocenters. The van der Waals surface area contributed by atoms with Crippen molar-refractivity contribution in [3.63, 3.8) is 0 Å². The van der Waals surface area contributed by atoms with E-state index in [4.69, 9.17) is 5.73 Å². The monoisotopic (exact) mass is 190 g/mol. The number of nitrogens with two attached hydrogens (primary N) is 1. The molecule has 0 amide bonds. The maximum Gasteiger partial charge on any atom is 0.0198 e. The molecular formula is C9H22N2S. The predicted molar refractivity (Wildman–Crippen MR) is 58.8 cm³/mol. The van der Waals surface area contributed by atoms with Gasteiger partial charge in [0.15, 0.2) is 0 Å². The van der Waals surface area contributed by atoms with Gasteiger partial charge in [0.25, 0.3) is 0 Å². The Bertz CT molecular complexity index is 88.6. The van der Waals surface area contributed by atoms with Crippen molar-refractivity contribution in [2.45, 2.75) is 32.7 Å². The van der Waals surface area contributed by atoms with Gasteiger partial charge in [-0.2, -0.15) is 11.8 Å². The molecule has 0 radical (unpaired) electrons. The van der Waals surface area contributed by atoms with Crippen LogP contribution in [0.4, 0.5) is 0 Å². The topological polar surface area (TPSA) is 38.0 Å². The number of hydrogen-bond donors (Lipinski definition) is 2. The van der Waals surface area contributed by atoms with Crippen molar-refractivity contribution in [1.82, 2.24) is 5.32 Å². The van der Waals surface area contributed by atoms with Gasteiger partial charge in [-0.05, 0) is 30.9 Å². The predicted octanol–water partition coefficient (Wildman–Crippen LogP) is 1.46. The van der Waals surface area contributed by atoms with E-state index in [1.54, 1.807) is 0 Å². The standard InChI is InChI=1S/C9H22N2S/c1-3-6-11-9(8-10)5-7-12-4-2/h9,11H,3-8,10H2,1-2H3. The third-order valence-electron chi connectivity index (χ3n) is 1.78. The van der Waals surface area contributed by atoms with Crippen LogP contribution in [0.3, 0.4) is 0 Å². The van der Waals surface area contributed by atoms with E-state index < -0.39 is 0 Å². The van der Waals surface area contributed by atoms with E-state index in [9.17, 15) is 0 Å². The lowest BCUT2D eigenvalue weighted by Gasteiger charge is -2.15. The van der Waals surface area contributed by atoms with E-state index in [0.717, 1.165) is 13.1 Å². The molecule has 3 N–H and O–H groups in total. The molecule has 3 heteroatoms. The second-order valence-electron chi connectivity index (χ2n) is 2.87. The highest BCUT2D eigenvalue weighted by atomic mass is 32.2. The first-order valence-electron chi connectivity index (χ1n) is 4.86. The molecule has 0 bridgehead atoms. The smallest absolute Gasteiger partial charge is 0.0198 e. The Kier molecular flexibility index (Phi) is 9.57. The van der Waals surface area contributed by atoms with Crippen LogP contribution in [0.15, 0.2) is 0 Å². The molecule has 0 saturated carbocycles. The average Bonchev–Trinajstić information content (AvgIpc) is 2.11. The fourth-order valence-electron chi connectivity index (χ4n) is 1.02. The lowest BCUT2D eigenvalue weighted by Crippen LogP contribution is -2.36. The van der Waals surface area contributed by atoms with Gasteiger partial charge in [0.2, 0.25) is 0 Å². The van der Waals surface area contributed by atoms with Crippen molar-refractivity contribution in [3.05, 3.63) is 0 Å². The molecule has 0 aromatic heterocycles. The summed E-state index contributed by atoms with van der Waals surface area (Å²) in [6.07, 6.45) is 2.40. The summed E-state index contributed by atoms with van der Waals surface area (Å²) in [4.78, 5) is 0. The Morgan fingerprint density at radius 2 is 2.17 bits per heavy atom. The molecule has 12 heavy (non-hydrogen) atoms.